The summed E-state index contributed by atoms with van der Waals surface area (Å²) < 4.78 is 1.07. The Bertz CT molecular complexity index is 369. The van der Waals surface area contributed by atoms with Gasteiger partial charge in [-0.1, -0.05) is 15.9 Å². The van der Waals surface area contributed by atoms with Gasteiger partial charge in [0.15, 0.2) is 0 Å². The summed E-state index contributed by atoms with van der Waals surface area (Å²) in [4.78, 5) is 12.6. The summed E-state index contributed by atoms with van der Waals surface area (Å²) in [5, 5.41) is 0. The Kier molecular flexibility index (Phi) is 2.68. The molecule has 1 aromatic rings. The van der Waals surface area contributed by atoms with Crippen LogP contribution in [-0.2, 0) is 4.79 Å². The van der Waals surface area contributed by atoms with Crippen LogP contribution in [0.2, 0.25) is 0 Å². The molecular weight excluding hydrogens is 242 g/mol. The molecular formula is C11H10BrNO. The topological polar surface area (TPSA) is 20.3 Å². The van der Waals surface area contributed by atoms with Gasteiger partial charge in [0, 0.05) is 28.5 Å². The number of hydrogen-bond acceptors (Lipinski definition) is 2. The van der Waals surface area contributed by atoms with E-state index in [2.05, 4.69) is 20.8 Å². The van der Waals surface area contributed by atoms with Crippen LogP contribution in [0.4, 0.5) is 5.69 Å². The van der Waals surface area contributed by atoms with Crippen molar-refractivity contribution < 1.29 is 4.79 Å². The standard InChI is InChI=1S/C11H10BrNO/c12-10-1-3-11(4-2-10)13-6-5-9(7-13)8-14/h1-4,7-8H,5-6H2. The molecule has 14 heavy (non-hydrogen) atoms. The maximum absolute atomic E-state index is 10.5. The molecule has 1 aromatic carbocycles. The Morgan fingerprint density at radius 2 is 2.00 bits per heavy atom. The summed E-state index contributed by atoms with van der Waals surface area (Å²) in [6, 6.07) is 8.08. The van der Waals surface area contributed by atoms with E-state index in [-0.39, 0.29) is 0 Å². The number of anilines is 1. The van der Waals surface area contributed by atoms with Gasteiger partial charge >= 0.3 is 0 Å². The van der Waals surface area contributed by atoms with Crippen molar-refractivity contribution in [2.24, 2.45) is 0 Å². The fourth-order valence-corrected chi connectivity index (χ4v) is 1.77. The summed E-state index contributed by atoms with van der Waals surface area (Å²) in [6.07, 6.45) is 3.69. The van der Waals surface area contributed by atoms with Crippen LogP contribution in [0.25, 0.3) is 0 Å². The number of aldehydes is 1. The Morgan fingerprint density at radius 3 is 2.57 bits per heavy atom. The molecule has 0 saturated carbocycles. The minimum atomic E-state index is 0.847. The second-order valence-corrected chi connectivity index (χ2v) is 4.16. The number of hydrogen-bond donors (Lipinski definition) is 0. The van der Waals surface area contributed by atoms with Crippen molar-refractivity contribution in [2.75, 3.05) is 11.4 Å². The van der Waals surface area contributed by atoms with E-state index in [4.69, 9.17) is 0 Å². The quantitative estimate of drug-likeness (QED) is 0.754. The molecule has 3 heteroatoms. The van der Waals surface area contributed by atoms with Crippen molar-refractivity contribution in [2.45, 2.75) is 6.42 Å². The number of carbonyl (C=O) groups is 1. The molecule has 0 aliphatic carbocycles. The van der Waals surface area contributed by atoms with Crippen LogP contribution in [0.15, 0.2) is 40.5 Å². The lowest BCUT2D eigenvalue weighted by atomic mass is 10.3. The van der Waals surface area contributed by atoms with Crippen LogP contribution < -0.4 is 4.90 Å². The third kappa shape index (κ3) is 1.87. The van der Waals surface area contributed by atoms with Crippen LogP contribution in [0.5, 0.6) is 0 Å². The number of halogens is 1. The number of carbonyl (C=O) groups excluding carboxylic acids is 1. The second-order valence-electron chi connectivity index (χ2n) is 3.24. The van der Waals surface area contributed by atoms with Gasteiger partial charge in [-0.3, -0.25) is 4.79 Å². The maximum Gasteiger partial charge on any atom is 0.147 e. The van der Waals surface area contributed by atoms with Crippen molar-refractivity contribution in [3.8, 4) is 0 Å². The molecule has 0 bridgehead atoms. The first kappa shape index (κ1) is 9.46. The fourth-order valence-electron chi connectivity index (χ4n) is 1.50. The molecule has 2 rings (SSSR count). The minimum absolute atomic E-state index is 0.847. The van der Waals surface area contributed by atoms with Crippen molar-refractivity contribution in [1.82, 2.24) is 0 Å². The minimum Gasteiger partial charge on any atom is -0.347 e. The Morgan fingerprint density at radius 1 is 1.29 bits per heavy atom. The first-order valence-corrected chi connectivity index (χ1v) is 5.27. The highest BCUT2D eigenvalue weighted by atomic mass is 79.9. The van der Waals surface area contributed by atoms with Gasteiger partial charge in [-0.05, 0) is 30.7 Å². The molecule has 0 saturated heterocycles. The summed E-state index contributed by atoms with van der Waals surface area (Å²) in [5.74, 6) is 0. The van der Waals surface area contributed by atoms with Crippen molar-refractivity contribution in [3.05, 3.63) is 40.5 Å². The highest BCUT2D eigenvalue weighted by Crippen LogP contribution is 2.23. The molecule has 0 atom stereocenters. The molecule has 1 heterocycles. The van der Waals surface area contributed by atoms with E-state index in [0.717, 1.165) is 35.0 Å². The van der Waals surface area contributed by atoms with Gasteiger partial charge in [0.25, 0.3) is 0 Å². The van der Waals surface area contributed by atoms with Gasteiger partial charge < -0.3 is 4.90 Å². The predicted octanol–water partition coefficient (Wildman–Crippen LogP) is 2.74. The molecule has 1 aliphatic heterocycles. The van der Waals surface area contributed by atoms with E-state index >= 15 is 0 Å². The summed E-state index contributed by atoms with van der Waals surface area (Å²) >= 11 is 3.39. The number of benzene rings is 1. The first-order valence-electron chi connectivity index (χ1n) is 4.47. The van der Waals surface area contributed by atoms with Crippen molar-refractivity contribution in [3.63, 3.8) is 0 Å². The highest BCUT2D eigenvalue weighted by Gasteiger charge is 2.12. The van der Waals surface area contributed by atoms with Gasteiger partial charge in [-0.2, -0.15) is 0 Å². The van der Waals surface area contributed by atoms with Gasteiger partial charge in [-0.25, -0.2) is 0 Å². The molecule has 0 fully saturated rings. The van der Waals surface area contributed by atoms with E-state index in [1.54, 1.807) is 0 Å². The van der Waals surface area contributed by atoms with Crippen LogP contribution in [0, 0.1) is 0 Å². The molecule has 0 amide bonds. The van der Waals surface area contributed by atoms with Crippen LogP contribution >= 0.6 is 15.9 Å². The van der Waals surface area contributed by atoms with E-state index < -0.39 is 0 Å². The zero-order chi connectivity index (χ0) is 9.97. The highest BCUT2D eigenvalue weighted by molar-refractivity contribution is 9.10. The van der Waals surface area contributed by atoms with Crippen LogP contribution in [-0.4, -0.2) is 12.8 Å². The van der Waals surface area contributed by atoms with E-state index in [0.29, 0.717) is 0 Å². The maximum atomic E-state index is 10.5. The summed E-state index contributed by atoms with van der Waals surface area (Å²) in [7, 11) is 0. The smallest absolute Gasteiger partial charge is 0.147 e. The Balaban J connectivity index is 2.21. The second kappa shape index (κ2) is 3.96. The predicted molar refractivity (Wildman–Crippen MR) is 60.3 cm³/mol. The van der Waals surface area contributed by atoms with Crippen LogP contribution in [0.1, 0.15) is 6.42 Å². The van der Waals surface area contributed by atoms with Crippen molar-refractivity contribution >= 4 is 27.9 Å². The summed E-state index contributed by atoms with van der Waals surface area (Å²) in [5.41, 5.74) is 2.00. The third-order valence-corrected chi connectivity index (χ3v) is 2.80. The monoisotopic (exact) mass is 251 g/mol. The lowest BCUT2D eigenvalue weighted by Gasteiger charge is -2.14. The van der Waals surface area contributed by atoms with Gasteiger partial charge in [0.2, 0.25) is 0 Å². The average molecular weight is 252 g/mol. The first-order chi connectivity index (χ1) is 6.79. The molecule has 2 nitrogen and oxygen atoms in total. The normalized spacial score (nSPS) is 15.5. The molecule has 1 aliphatic rings. The van der Waals surface area contributed by atoms with Gasteiger partial charge in [0.1, 0.15) is 6.29 Å². The van der Waals surface area contributed by atoms with Crippen molar-refractivity contribution in [1.29, 1.82) is 0 Å². The number of nitrogens with zero attached hydrogens (tertiary/aromatic N) is 1. The number of rotatable bonds is 2. The lowest BCUT2D eigenvalue weighted by Crippen LogP contribution is -2.11. The summed E-state index contributed by atoms with van der Waals surface area (Å²) in [6.45, 7) is 0.899. The average Bonchev–Trinajstić information content (AvgIpc) is 2.67. The van der Waals surface area contributed by atoms with Gasteiger partial charge in [0.05, 0.1) is 0 Å². The van der Waals surface area contributed by atoms with Gasteiger partial charge in [-0.15, -0.1) is 0 Å². The molecule has 0 radical (unpaired) electrons. The molecule has 72 valence electrons. The molecule has 0 N–H and O–H groups in total. The lowest BCUT2D eigenvalue weighted by molar-refractivity contribution is -0.105. The third-order valence-electron chi connectivity index (χ3n) is 2.27. The van der Waals surface area contributed by atoms with E-state index in [9.17, 15) is 4.79 Å². The Hall–Kier alpha value is -1.09. The van der Waals surface area contributed by atoms with E-state index in [1.165, 1.54) is 0 Å². The zero-order valence-electron chi connectivity index (χ0n) is 7.61. The largest absolute Gasteiger partial charge is 0.347 e. The van der Waals surface area contributed by atoms with E-state index in [1.807, 2.05) is 30.5 Å². The molecule has 0 unspecified atom stereocenters. The SMILES string of the molecule is O=CC1=CN(c2ccc(Br)cc2)CC1. The molecule has 0 spiro atoms. The fraction of sp³-hybridized carbons (Fsp3) is 0.182. The zero-order valence-corrected chi connectivity index (χ0v) is 9.20. The Labute approximate surface area is 91.3 Å². The van der Waals surface area contributed by atoms with Crippen LogP contribution in [0.3, 0.4) is 0 Å². The molecule has 0 aromatic heterocycles.